The molecule has 0 rings (SSSR count). The Morgan fingerprint density at radius 3 is 1.62 bits per heavy atom. The summed E-state index contributed by atoms with van der Waals surface area (Å²) in [6, 6.07) is 0. The van der Waals surface area contributed by atoms with Crippen LogP contribution in [0.25, 0.3) is 0 Å². The summed E-state index contributed by atoms with van der Waals surface area (Å²) in [6.07, 6.45) is 0. The molecule has 0 aromatic rings. The highest BCUT2D eigenvalue weighted by atomic mass is 32.2. The Balaban J connectivity index is 4.53. The maximum absolute atomic E-state index is 12.1. The van der Waals surface area contributed by atoms with Gasteiger partial charge in [0.05, 0.1) is 0 Å². The van der Waals surface area contributed by atoms with Crippen molar-refractivity contribution in [2.75, 3.05) is 0 Å². The highest BCUT2D eigenvalue weighted by Crippen LogP contribution is 2.14. The van der Waals surface area contributed by atoms with Crippen molar-refractivity contribution in [3.8, 4) is 0 Å². The summed E-state index contributed by atoms with van der Waals surface area (Å²) < 4.78 is 39.7. The molecule has 0 aliphatic rings. The van der Waals surface area contributed by atoms with E-state index in [1.807, 2.05) is 0 Å². The Labute approximate surface area is 47.3 Å². The average Bonchev–Trinajstić information content (AvgIpc) is 1.25. The van der Waals surface area contributed by atoms with Gasteiger partial charge in [-0.05, 0) is 13.8 Å². The van der Waals surface area contributed by atoms with Crippen molar-refractivity contribution < 1.29 is 17.4 Å². The number of alkyl halides is 1. The van der Waals surface area contributed by atoms with Crippen LogP contribution in [0.1, 0.15) is 13.8 Å². The predicted molar refractivity (Wildman–Crippen MR) is 26.7 cm³/mol. The molecule has 8 heavy (non-hydrogen) atoms. The van der Waals surface area contributed by atoms with E-state index in [0.717, 1.165) is 13.8 Å². The standard InChI is InChI=1S/C3H7FO3S/c1-3(2,4)8(5,6)7/h1-2H3,(H,5,6,7). The van der Waals surface area contributed by atoms with Gasteiger partial charge in [0.1, 0.15) is 0 Å². The van der Waals surface area contributed by atoms with Crippen LogP contribution in [0.3, 0.4) is 0 Å². The summed E-state index contributed by atoms with van der Waals surface area (Å²) in [6.45, 7) is 1.53. The van der Waals surface area contributed by atoms with Crippen LogP contribution in [0.2, 0.25) is 0 Å². The molecule has 0 unspecified atom stereocenters. The van der Waals surface area contributed by atoms with Gasteiger partial charge in [-0.2, -0.15) is 8.42 Å². The van der Waals surface area contributed by atoms with Crippen LogP contribution in [0.5, 0.6) is 0 Å². The molecule has 0 heterocycles. The summed E-state index contributed by atoms with van der Waals surface area (Å²) in [5.74, 6) is 0. The Bertz CT molecular complexity index is 163. The van der Waals surface area contributed by atoms with Crippen LogP contribution in [0.4, 0.5) is 4.39 Å². The van der Waals surface area contributed by atoms with Crippen molar-refractivity contribution in [2.24, 2.45) is 0 Å². The molecule has 0 aromatic carbocycles. The minimum absolute atomic E-state index is 0.766. The maximum Gasteiger partial charge on any atom is 0.299 e. The second-order valence-electron chi connectivity index (χ2n) is 1.84. The van der Waals surface area contributed by atoms with E-state index >= 15 is 0 Å². The van der Waals surface area contributed by atoms with Crippen LogP contribution in [-0.2, 0) is 10.1 Å². The Hall–Kier alpha value is -0.160. The zero-order chi connectivity index (χ0) is 7.00. The number of rotatable bonds is 1. The maximum atomic E-state index is 12.1. The van der Waals surface area contributed by atoms with Gasteiger partial charge < -0.3 is 0 Å². The highest BCUT2D eigenvalue weighted by molar-refractivity contribution is 7.87. The fourth-order valence-corrected chi connectivity index (χ4v) is 0. The topological polar surface area (TPSA) is 54.4 Å². The van der Waals surface area contributed by atoms with Gasteiger partial charge in [-0.1, -0.05) is 0 Å². The van der Waals surface area contributed by atoms with Gasteiger partial charge in [-0.15, -0.1) is 0 Å². The summed E-state index contributed by atoms with van der Waals surface area (Å²) in [7, 11) is -4.51. The number of halogens is 1. The highest BCUT2D eigenvalue weighted by Gasteiger charge is 2.31. The lowest BCUT2D eigenvalue weighted by Crippen LogP contribution is -2.24. The van der Waals surface area contributed by atoms with Gasteiger partial charge in [0, 0.05) is 0 Å². The minimum Gasteiger partial charge on any atom is -0.283 e. The van der Waals surface area contributed by atoms with Crippen molar-refractivity contribution >= 4 is 10.1 Å². The second kappa shape index (κ2) is 1.66. The molecule has 0 aliphatic heterocycles. The first-order valence-corrected chi connectivity index (χ1v) is 3.35. The van der Waals surface area contributed by atoms with Gasteiger partial charge in [0.15, 0.2) is 0 Å². The van der Waals surface area contributed by atoms with Gasteiger partial charge >= 0.3 is 0 Å². The van der Waals surface area contributed by atoms with Crippen molar-refractivity contribution in [1.82, 2.24) is 0 Å². The Morgan fingerprint density at radius 1 is 1.50 bits per heavy atom. The molecule has 5 heteroatoms. The van der Waals surface area contributed by atoms with E-state index in [2.05, 4.69) is 0 Å². The normalized spacial score (nSPS) is 14.0. The molecule has 0 atom stereocenters. The van der Waals surface area contributed by atoms with E-state index in [1.54, 1.807) is 0 Å². The first-order valence-electron chi connectivity index (χ1n) is 1.91. The number of hydrogen-bond acceptors (Lipinski definition) is 2. The van der Waals surface area contributed by atoms with Gasteiger partial charge in [0.25, 0.3) is 10.1 Å². The minimum atomic E-state index is -4.51. The molecule has 0 amide bonds. The van der Waals surface area contributed by atoms with Crippen molar-refractivity contribution in [1.29, 1.82) is 0 Å². The zero-order valence-electron chi connectivity index (χ0n) is 4.55. The third kappa shape index (κ3) is 1.75. The first kappa shape index (κ1) is 7.84. The molecule has 3 nitrogen and oxygen atoms in total. The van der Waals surface area contributed by atoms with Crippen LogP contribution < -0.4 is 0 Å². The summed E-state index contributed by atoms with van der Waals surface area (Å²) in [4.78, 5) is 0. The van der Waals surface area contributed by atoms with E-state index in [-0.39, 0.29) is 0 Å². The zero-order valence-corrected chi connectivity index (χ0v) is 5.37. The van der Waals surface area contributed by atoms with E-state index in [0.29, 0.717) is 0 Å². The summed E-state index contributed by atoms with van der Waals surface area (Å²) in [5.41, 5.74) is 0. The fraction of sp³-hybridized carbons (Fsp3) is 1.00. The van der Waals surface area contributed by atoms with Crippen LogP contribution in [0.15, 0.2) is 0 Å². The lowest BCUT2D eigenvalue weighted by Gasteiger charge is -2.07. The smallest absolute Gasteiger partial charge is 0.283 e. The molecule has 0 fully saturated rings. The largest absolute Gasteiger partial charge is 0.299 e. The van der Waals surface area contributed by atoms with Crippen molar-refractivity contribution in [3.05, 3.63) is 0 Å². The monoisotopic (exact) mass is 142 g/mol. The number of hydrogen-bond donors (Lipinski definition) is 1. The van der Waals surface area contributed by atoms with Crippen LogP contribution in [0, 0.1) is 0 Å². The second-order valence-corrected chi connectivity index (χ2v) is 3.76. The van der Waals surface area contributed by atoms with Gasteiger partial charge in [-0.3, -0.25) is 4.55 Å². The molecule has 0 radical (unpaired) electrons. The van der Waals surface area contributed by atoms with Crippen LogP contribution in [-0.4, -0.2) is 18.0 Å². The third-order valence-corrected chi connectivity index (χ3v) is 1.84. The van der Waals surface area contributed by atoms with E-state index in [4.69, 9.17) is 4.55 Å². The summed E-state index contributed by atoms with van der Waals surface area (Å²) >= 11 is 0. The van der Waals surface area contributed by atoms with E-state index < -0.39 is 15.1 Å². The Kier molecular flexibility index (Phi) is 1.63. The molecular weight excluding hydrogens is 135 g/mol. The predicted octanol–water partition coefficient (Wildman–Crippen LogP) is 0.580. The molecule has 0 saturated heterocycles. The van der Waals surface area contributed by atoms with E-state index in [1.165, 1.54) is 0 Å². The fourth-order valence-electron chi connectivity index (χ4n) is 0. The molecule has 1 N–H and O–H groups in total. The lowest BCUT2D eigenvalue weighted by molar-refractivity contribution is 0.290. The molecule has 0 saturated carbocycles. The average molecular weight is 142 g/mol. The summed E-state index contributed by atoms with van der Waals surface area (Å²) in [5, 5.41) is -2.53. The lowest BCUT2D eigenvalue weighted by atomic mass is 10.5. The van der Waals surface area contributed by atoms with Crippen molar-refractivity contribution in [3.63, 3.8) is 0 Å². The molecule has 50 valence electrons. The van der Waals surface area contributed by atoms with Crippen molar-refractivity contribution in [2.45, 2.75) is 18.8 Å². The molecule has 0 bridgehead atoms. The third-order valence-electron chi connectivity index (χ3n) is 0.613. The van der Waals surface area contributed by atoms with Gasteiger partial charge in [-0.25, -0.2) is 4.39 Å². The molecule has 0 aromatic heterocycles. The van der Waals surface area contributed by atoms with Gasteiger partial charge in [0.2, 0.25) is 5.00 Å². The first-order chi connectivity index (χ1) is 3.25. The quantitative estimate of drug-likeness (QED) is 0.545. The SMILES string of the molecule is CC(C)(F)S(=O)(=O)O. The molecular formula is C3H7FO3S. The molecule has 0 aliphatic carbocycles. The molecule has 0 spiro atoms. The van der Waals surface area contributed by atoms with E-state index in [9.17, 15) is 12.8 Å². The van der Waals surface area contributed by atoms with Crippen LogP contribution >= 0.6 is 0 Å². The Morgan fingerprint density at radius 2 is 1.62 bits per heavy atom.